The van der Waals surface area contributed by atoms with E-state index in [1.165, 1.54) is 30.3 Å². The lowest BCUT2D eigenvalue weighted by molar-refractivity contribution is -0.384. The summed E-state index contributed by atoms with van der Waals surface area (Å²) >= 11 is 0. The molecule has 190 valence electrons. The number of nitriles is 1. The monoisotopic (exact) mass is 507 g/mol. The maximum absolute atomic E-state index is 12.7. The number of nitro groups is 1. The van der Waals surface area contributed by atoms with Gasteiger partial charge in [-0.2, -0.15) is 5.26 Å². The highest BCUT2D eigenvalue weighted by Crippen LogP contribution is 2.32. The van der Waals surface area contributed by atoms with Gasteiger partial charge >= 0.3 is 0 Å². The Morgan fingerprint density at radius 3 is 2.61 bits per heavy atom. The van der Waals surface area contributed by atoms with Crippen molar-refractivity contribution in [3.05, 3.63) is 111 Å². The standard InChI is InChI=1S/C30H25N3O5/c1-3-37-29-16-21(15-23(18-31)30(34)32-24-8-6-9-25(17-24)33(35)36)12-14-28(29)38-19-27-20(2)11-13-22-7-4-5-10-26(22)27/h4-17H,3,19H2,1-2H3,(H,32,34)/b23-15+. The molecule has 0 radical (unpaired) electrons. The zero-order valence-corrected chi connectivity index (χ0v) is 20.9. The third-order valence-electron chi connectivity index (χ3n) is 5.91. The highest BCUT2D eigenvalue weighted by atomic mass is 16.6. The number of rotatable bonds is 9. The van der Waals surface area contributed by atoms with E-state index in [9.17, 15) is 20.2 Å². The first-order valence-electron chi connectivity index (χ1n) is 11.9. The number of carbonyl (C=O) groups is 1. The van der Waals surface area contributed by atoms with Crippen LogP contribution in [0.1, 0.15) is 23.6 Å². The van der Waals surface area contributed by atoms with Crippen LogP contribution in [0.25, 0.3) is 16.8 Å². The van der Waals surface area contributed by atoms with Gasteiger partial charge in [0.1, 0.15) is 18.2 Å². The van der Waals surface area contributed by atoms with Crippen molar-refractivity contribution in [2.24, 2.45) is 0 Å². The number of anilines is 1. The topological polar surface area (TPSA) is 114 Å². The molecular formula is C30H25N3O5. The molecule has 0 aromatic heterocycles. The maximum Gasteiger partial charge on any atom is 0.271 e. The lowest BCUT2D eigenvalue weighted by atomic mass is 10.0. The van der Waals surface area contributed by atoms with Crippen molar-refractivity contribution in [3.8, 4) is 17.6 Å². The molecule has 0 aliphatic rings. The minimum Gasteiger partial charge on any atom is -0.490 e. The number of fused-ring (bicyclic) bond motifs is 1. The molecule has 0 aliphatic heterocycles. The van der Waals surface area contributed by atoms with Crippen molar-refractivity contribution in [2.45, 2.75) is 20.5 Å². The smallest absolute Gasteiger partial charge is 0.271 e. The van der Waals surface area contributed by atoms with Gasteiger partial charge in [0.2, 0.25) is 0 Å². The first-order chi connectivity index (χ1) is 18.4. The average molecular weight is 508 g/mol. The molecule has 0 unspecified atom stereocenters. The zero-order chi connectivity index (χ0) is 27.1. The van der Waals surface area contributed by atoms with Gasteiger partial charge in [-0.15, -0.1) is 0 Å². The summed E-state index contributed by atoms with van der Waals surface area (Å²) < 4.78 is 12.0. The lowest BCUT2D eigenvalue weighted by Gasteiger charge is -2.15. The van der Waals surface area contributed by atoms with Crippen molar-refractivity contribution in [3.63, 3.8) is 0 Å². The van der Waals surface area contributed by atoms with Gasteiger partial charge in [0, 0.05) is 23.4 Å². The van der Waals surface area contributed by atoms with Crippen LogP contribution >= 0.6 is 0 Å². The highest BCUT2D eigenvalue weighted by molar-refractivity contribution is 6.09. The Bertz CT molecular complexity index is 1590. The number of benzene rings is 4. The van der Waals surface area contributed by atoms with Crippen molar-refractivity contribution in [1.29, 1.82) is 5.26 Å². The molecule has 0 saturated heterocycles. The number of nitro benzene ring substituents is 1. The normalized spacial score (nSPS) is 11.0. The SMILES string of the molecule is CCOc1cc(/C=C(\C#N)C(=O)Nc2cccc([N+](=O)[O-])c2)ccc1OCc1c(C)ccc2ccccc12. The van der Waals surface area contributed by atoms with E-state index in [1.807, 2.05) is 32.0 Å². The fourth-order valence-electron chi connectivity index (χ4n) is 4.00. The van der Waals surface area contributed by atoms with E-state index in [4.69, 9.17) is 9.47 Å². The van der Waals surface area contributed by atoms with E-state index in [0.29, 0.717) is 30.3 Å². The van der Waals surface area contributed by atoms with Crippen molar-refractivity contribution in [1.82, 2.24) is 0 Å². The number of hydrogen-bond donors (Lipinski definition) is 1. The van der Waals surface area contributed by atoms with Crippen LogP contribution in [0.2, 0.25) is 0 Å². The first-order valence-corrected chi connectivity index (χ1v) is 11.9. The molecule has 0 aliphatic carbocycles. The Kier molecular flexibility index (Phi) is 7.99. The second-order valence-electron chi connectivity index (χ2n) is 8.44. The van der Waals surface area contributed by atoms with Gasteiger partial charge in [-0.25, -0.2) is 0 Å². The molecule has 1 N–H and O–H groups in total. The maximum atomic E-state index is 12.7. The van der Waals surface area contributed by atoms with Gasteiger partial charge < -0.3 is 14.8 Å². The van der Waals surface area contributed by atoms with Crippen molar-refractivity contribution >= 4 is 34.1 Å². The number of non-ortho nitro benzene ring substituents is 1. The number of carbonyl (C=O) groups excluding carboxylic acids is 1. The largest absolute Gasteiger partial charge is 0.490 e. The zero-order valence-electron chi connectivity index (χ0n) is 20.9. The number of hydrogen-bond acceptors (Lipinski definition) is 6. The summed E-state index contributed by atoms with van der Waals surface area (Å²) in [5.74, 6) is 0.337. The van der Waals surface area contributed by atoms with Crippen LogP contribution in [-0.4, -0.2) is 17.4 Å². The van der Waals surface area contributed by atoms with Crippen LogP contribution in [-0.2, 0) is 11.4 Å². The minimum atomic E-state index is -0.683. The second-order valence-corrected chi connectivity index (χ2v) is 8.44. The number of nitrogens with zero attached hydrogens (tertiary/aromatic N) is 2. The third kappa shape index (κ3) is 5.97. The van der Waals surface area contributed by atoms with Gasteiger partial charge in [-0.05, 0) is 60.0 Å². The van der Waals surface area contributed by atoms with E-state index >= 15 is 0 Å². The quantitative estimate of drug-likeness (QED) is 0.118. The fourth-order valence-corrected chi connectivity index (χ4v) is 4.00. The molecule has 1 amide bonds. The summed E-state index contributed by atoms with van der Waals surface area (Å²) in [6, 6.07) is 24.9. The van der Waals surface area contributed by atoms with E-state index in [2.05, 4.69) is 29.6 Å². The Hall–Kier alpha value is -5.16. The molecule has 0 saturated carbocycles. The molecule has 4 aromatic carbocycles. The van der Waals surface area contributed by atoms with Crippen molar-refractivity contribution in [2.75, 3.05) is 11.9 Å². The van der Waals surface area contributed by atoms with Crippen molar-refractivity contribution < 1.29 is 19.2 Å². The number of aryl methyl sites for hydroxylation is 1. The fraction of sp³-hybridized carbons (Fsp3) is 0.133. The minimum absolute atomic E-state index is 0.166. The van der Waals surface area contributed by atoms with Gasteiger partial charge in [0.25, 0.3) is 11.6 Å². The van der Waals surface area contributed by atoms with Crippen LogP contribution in [0.3, 0.4) is 0 Å². The summed E-state index contributed by atoms with van der Waals surface area (Å²) in [6.45, 7) is 4.64. The van der Waals surface area contributed by atoms with Gasteiger partial charge in [-0.3, -0.25) is 14.9 Å². The second kappa shape index (κ2) is 11.7. The van der Waals surface area contributed by atoms with E-state index in [0.717, 1.165) is 21.9 Å². The number of ether oxygens (including phenoxy) is 2. The van der Waals surface area contributed by atoms with Crippen LogP contribution in [0.15, 0.2) is 84.4 Å². The average Bonchev–Trinajstić information content (AvgIpc) is 2.92. The van der Waals surface area contributed by atoms with Crippen LogP contribution in [0.4, 0.5) is 11.4 Å². The van der Waals surface area contributed by atoms with Crippen LogP contribution < -0.4 is 14.8 Å². The third-order valence-corrected chi connectivity index (χ3v) is 5.91. The molecule has 0 bridgehead atoms. The predicted molar refractivity (Wildman–Crippen MR) is 146 cm³/mol. The van der Waals surface area contributed by atoms with Gasteiger partial charge in [-0.1, -0.05) is 48.5 Å². The highest BCUT2D eigenvalue weighted by Gasteiger charge is 2.14. The molecular weight excluding hydrogens is 482 g/mol. The molecule has 0 fully saturated rings. The van der Waals surface area contributed by atoms with E-state index in [-0.39, 0.29) is 16.9 Å². The molecule has 4 aromatic rings. The summed E-state index contributed by atoms with van der Waals surface area (Å²) in [5, 5.41) is 25.4. The summed E-state index contributed by atoms with van der Waals surface area (Å²) in [7, 11) is 0. The molecule has 0 spiro atoms. The van der Waals surface area contributed by atoms with Gasteiger partial charge in [0.15, 0.2) is 11.5 Å². The Balaban J connectivity index is 1.56. The van der Waals surface area contributed by atoms with Crippen LogP contribution in [0, 0.1) is 28.4 Å². The van der Waals surface area contributed by atoms with E-state index in [1.54, 1.807) is 18.2 Å². The molecule has 8 heteroatoms. The Labute approximate surface area is 219 Å². The lowest BCUT2D eigenvalue weighted by Crippen LogP contribution is -2.13. The number of nitrogens with one attached hydrogen (secondary N) is 1. The number of amides is 1. The molecule has 8 nitrogen and oxygen atoms in total. The summed E-state index contributed by atoms with van der Waals surface area (Å²) in [4.78, 5) is 23.1. The van der Waals surface area contributed by atoms with Crippen LogP contribution in [0.5, 0.6) is 11.5 Å². The molecule has 38 heavy (non-hydrogen) atoms. The molecule has 0 atom stereocenters. The predicted octanol–water partition coefficient (Wildman–Crippen LogP) is 6.58. The summed E-state index contributed by atoms with van der Waals surface area (Å²) in [5.41, 5.74) is 2.65. The Morgan fingerprint density at radius 2 is 1.84 bits per heavy atom. The van der Waals surface area contributed by atoms with E-state index < -0.39 is 10.8 Å². The Morgan fingerprint density at radius 1 is 1.03 bits per heavy atom. The van der Waals surface area contributed by atoms with Gasteiger partial charge in [0.05, 0.1) is 11.5 Å². The first kappa shape index (κ1) is 25.9. The summed E-state index contributed by atoms with van der Waals surface area (Å²) in [6.07, 6.45) is 1.42. The molecule has 0 heterocycles. The molecule has 4 rings (SSSR count).